The third-order valence-electron chi connectivity index (χ3n) is 4.29. The maximum Gasteiger partial charge on any atom is 0.0234 e. The molecule has 1 aromatic carbocycles. The number of hydrogen-bond acceptors (Lipinski definition) is 3. The molecule has 104 valence electrons. The Balaban J connectivity index is 1.58. The van der Waals surface area contributed by atoms with Gasteiger partial charge in [0, 0.05) is 32.7 Å². The Kier molecular flexibility index (Phi) is 4.81. The Bertz CT molecular complexity index is 378. The van der Waals surface area contributed by atoms with E-state index in [1.54, 1.807) is 5.56 Å². The molecule has 1 N–H and O–H groups in total. The van der Waals surface area contributed by atoms with E-state index in [1.165, 1.54) is 43.0 Å². The zero-order valence-corrected chi connectivity index (χ0v) is 12.4. The second kappa shape index (κ2) is 6.78. The molecule has 0 spiro atoms. The number of nitrogens with one attached hydrogen (secondary N) is 1. The fraction of sp³-hybridized carbons (Fsp3) is 0.625. The van der Waals surface area contributed by atoms with Crippen LogP contribution in [0.2, 0.25) is 0 Å². The first-order valence-corrected chi connectivity index (χ1v) is 8.67. The summed E-state index contributed by atoms with van der Waals surface area (Å²) in [6.07, 6.45) is 2.73. The van der Waals surface area contributed by atoms with Crippen molar-refractivity contribution in [1.82, 2.24) is 10.2 Å². The van der Waals surface area contributed by atoms with E-state index in [0.717, 1.165) is 25.6 Å². The smallest absolute Gasteiger partial charge is 0.0234 e. The highest BCUT2D eigenvalue weighted by Crippen LogP contribution is 2.31. The van der Waals surface area contributed by atoms with Crippen LogP contribution in [0.4, 0.5) is 0 Å². The van der Waals surface area contributed by atoms with Crippen molar-refractivity contribution in [1.29, 1.82) is 0 Å². The Morgan fingerprint density at radius 1 is 1.05 bits per heavy atom. The summed E-state index contributed by atoms with van der Waals surface area (Å²) in [5, 5.41) is 3.41. The number of benzene rings is 1. The minimum atomic E-state index is 0.814. The number of piperazine rings is 1. The van der Waals surface area contributed by atoms with Gasteiger partial charge in [0.25, 0.3) is 0 Å². The molecule has 0 aromatic heterocycles. The normalized spacial score (nSPS) is 22.5. The minimum absolute atomic E-state index is 0.814. The van der Waals surface area contributed by atoms with Gasteiger partial charge >= 0.3 is 0 Å². The molecule has 0 amide bonds. The summed E-state index contributed by atoms with van der Waals surface area (Å²) in [6.45, 7) is 5.75. The van der Waals surface area contributed by atoms with Gasteiger partial charge in [0.2, 0.25) is 0 Å². The lowest BCUT2D eigenvalue weighted by Gasteiger charge is -2.27. The summed E-state index contributed by atoms with van der Waals surface area (Å²) in [6, 6.07) is 9.44. The van der Waals surface area contributed by atoms with E-state index in [1.807, 2.05) is 0 Å². The van der Waals surface area contributed by atoms with E-state index in [9.17, 15) is 0 Å². The molecule has 0 bridgehead atoms. The maximum atomic E-state index is 3.41. The van der Waals surface area contributed by atoms with Crippen LogP contribution in [0.5, 0.6) is 0 Å². The van der Waals surface area contributed by atoms with Gasteiger partial charge in [-0.3, -0.25) is 4.90 Å². The van der Waals surface area contributed by atoms with Gasteiger partial charge in [0.15, 0.2) is 0 Å². The Labute approximate surface area is 121 Å². The van der Waals surface area contributed by atoms with E-state index >= 15 is 0 Å². The van der Waals surface area contributed by atoms with Crippen molar-refractivity contribution in [3.63, 3.8) is 0 Å². The lowest BCUT2D eigenvalue weighted by Crippen LogP contribution is -2.42. The molecular weight excluding hydrogens is 252 g/mol. The molecule has 2 fully saturated rings. The highest BCUT2D eigenvalue weighted by molar-refractivity contribution is 7.99. The quantitative estimate of drug-likeness (QED) is 0.914. The van der Waals surface area contributed by atoms with Crippen LogP contribution in [0, 0.1) is 0 Å². The van der Waals surface area contributed by atoms with Gasteiger partial charge in [-0.1, -0.05) is 24.3 Å². The van der Waals surface area contributed by atoms with Gasteiger partial charge in [-0.15, -0.1) is 0 Å². The summed E-state index contributed by atoms with van der Waals surface area (Å²) in [5.74, 6) is 3.50. The van der Waals surface area contributed by atoms with Gasteiger partial charge < -0.3 is 5.32 Å². The van der Waals surface area contributed by atoms with Crippen LogP contribution in [0.3, 0.4) is 0 Å². The lowest BCUT2D eigenvalue weighted by atomic mass is 9.93. The molecule has 0 atom stereocenters. The topological polar surface area (TPSA) is 15.3 Å². The molecule has 2 aliphatic rings. The van der Waals surface area contributed by atoms with Gasteiger partial charge in [-0.25, -0.2) is 0 Å². The second-order valence-corrected chi connectivity index (χ2v) is 6.88. The van der Waals surface area contributed by atoms with Crippen LogP contribution in [0.25, 0.3) is 0 Å². The largest absolute Gasteiger partial charge is 0.314 e. The first-order valence-electron chi connectivity index (χ1n) is 7.51. The molecule has 0 aliphatic carbocycles. The Morgan fingerprint density at radius 3 is 2.42 bits per heavy atom. The van der Waals surface area contributed by atoms with Crippen LogP contribution in [-0.2, 0) is 6.54 Å². The molecule has 2 nitrogen and oxygen atoms in total. The van der Waals surface area contributed by atoms with Crippen LogP contribution in [0.15, 0.2) is 24.3 Å². The number of nitrogens with zero attached hydrogens (tertiary/aromatic N) is 1. The lowest BCUT2D eigenvalue weighted by molar-refractivity contribution is 0.233. The third-order valence-corrected chi connectivity index (χ3v) is 5.34. The fourth-order valence-corrected chi connectivity index (χ4v) is 4.16. The standard InChI is InChI=1S/C16H24N2S/c1-3-15(16-5-11-19-12-6-16)4-2-14(1)13-18-9-7-17-8-10-18/h1-4,16-17H,5-13H2. The molecule has 19 heavy (non-hydrogen) atoms. The van der Waals surface area contributed by atoms with E-state index in [4.69, 9.17) is 0 Å². The average Bonchev–Trinajstić information content (AvgIpc) is 2.50. The summed E-state index contributed by atoms with van der Waals surface area (Å²) >= 11 is 2.11. The highest BCUT2D eigenvalue weighted by atomic mass is 32.2. The number of hydrogen-bond donors (Lipinski definition) is 1. The predicted molar refractivity (Wildman–Crippen MR) is 83.9 cm³/mol. The summed E-state index contributed by atoms with van der Waals surface area (Å²) in [4.78, 5) is 2.54. The molecule has 0 unspecified atom stereocenters. The highest BCUT2D eigenvalue weighted by Gasteiger charge is 2.16. The van der Waals surface area contributed by atoms with Crippen LogP contribution in [0.1, 0.15) is 29.9 Å². The number of thioether (sulfide) groups is 1. The Morgan fingerprint density at radius 2 is 1.74 bits per heavy atom. The second-order valence-electron chi connectivity index (χ2n) is 5.65. The van der Waals surface area contributed by atoms with E-state index in [2.05, 4.69) is 46.2 Å². The van der Waals surface area contributed by atoms with Crippen molar-refractivity contribution in [3.8, 4) is 0 Å². The van der Waals surface area contributed by atoms with Crippen molar-refractivity contribution in [2.75, 3.05) is 37.7 Å². The third kappa shape index (κ3) is 3.74. The van der Waals surface area contributed by atoms with Crippen molar-refractivity contribution in [3.05, 3.63) is 35.4 Å². The zero-order valence-electron chi connectivity index (χ0n) is 11.6. The van der Waals surface area contributed by atoms with Crippen LogP contribution >= 0.6 is 11.8 Å². The van der Waals surface area contributed by atoms with Crippen molar-refractivity contribution >= 4 is 11.8 Å². The van der Waals surface area contributed by atoms with Crippen LogP contribution in [-0.4, -0.2) is 42.6 Å². The first-order chi connectivity index (χ1) is 9.42. The monoisotopic (exact) mass is 276 g/mol. The van der Waals surface area contributed by atoms with Gasteiger partial charge in [-0.05, 0) is 41.4 Å². The van der Waals surface area contributed by atoms with E-state index in [0.29, 0.717) is 0 Å². The molecule has 2 saturated heterocycles. The molecule has 0 saturated carbocycles. The van der Waals surface area contributed by atoms with Gasteiger partial charge in [-0.2, -0.15) is 11.8 Å². The molecule has 3 heteroatoms. The minimum Gasteiger partial charge on any atom is -0.314 e. The molecular formula is C16H24N2S. The van der Waals surface area contributed by atoms with Crippen molar-refractivity contribution in [2.45, 2.75) is 25.3 Å². The zero-order chi connectivity index (χ0) is 12.9. The van der Waals surface area contributed by atoms with E-state index < -0.39 is 0 Å². The first kappa shape index (κ1) is 13.5. The fourth-order valence-electron chi connectivity index (χ4n) is 3.05. The predicted octanol–water partition coefficient (Wildman–Crippen LogP) is 2.70. The molecule has 1 aromatic rings. The van der Waals surface area contributed by atoms with Gasteiger partial charge in [0.05, 0.1) is 0 Å². The van der Waals surface area contributed by atoms with Gasteiger partial charge in [0.1, 0.15) is 0 Å². The van der Waals surface area contributed by atoms with Crippen molar-refractivity contribution < 1.29 is 0 Å². The average molecular weight is 276 g/mol. The van der Waals surface area contributed by atoms with Crippen LogP contribution < -0.4 is 5.32 Å². The number of rotatable bonds is 3. The molecule has 3 rings (SSSR count). The summed E-state index contributed by atoms with van der Waals surface area (Å²) in [5.41, 5.74) is 3.03. The van der Waals surface area contributed by atoms with E-state index in [-0.39, 0.29) is 0 Å². The van der Waals surface area contributed by atoms with Crippen molar-refractivity contribution in [2.24, 2.45) is 0 Å². The molecule has 2 aliphatic heterocycles. The maximum absolute atomic E-state index is 3.41. The Hall–Kier alpha value is -0.510. The molecule has 2 heterocycles. The molecule has 0 radical (unpaired) electrons. The summed E-state index contributed by atoms with van der Waals surface area (Å²) < 4.78 is 0. The SMILES string of the molecule is c1cc(C2CCSCC2)ccc1CN1CCNCC1. The summed E-state index contributed by atoms with van der Waals surface area (Å²) in [7, 11) is 0.